The van der Waals surface area contributed by atoms with Gasteiger partial charge in [0, 0.05) is 43.9 Å². The van der Waals surface area contributed by atoms with Crippen LogP contribution < -0.4 is 10.2 Å². The van der Waals surface area contributed by atoms with E-state index in [4.69, 9.17) is 0 Å². The number of carbonyl (C=O) groups is 1. The molecule has 0 saturated carbocycles. The molecule has 29 heavy (non-hydrogen) atoms. The molecule has 3 aromatic rings. The summed E-state index contributed by atoms with van der Waals surface area (Å²) >= 11 is 0. The summed E-state index contributed by atoms with van der Waals surface area (Å²) in [7, 11) is 1.87. The fraction of sp³-hybridized carbons (Fsp3) is 0.333. The average Bonchev–Trinajstić information content (AvgIpc) is 3.15. The number of aromatic nitrogens is 4. The molecule has 1 fully saturated rings. The lowest BCUT2D eigenvalue weighted by atomic mass is 9.87. The Morgan fingerprint density at radius 2 is 2.10 bits per heavy atom. The van der Waals surface area contributed by atoms with Crippen molar-refractivity contribution in [1.82, 2.24) is 25.3 Å². The zero-order chi connectivity index (χ0) is 20.4. The van der Waals surface area contributed by atoms with E-state index in [1.165, 1.54) is 12.1 Å². The molecule has 0 radical (unpaired) electrons. The van der Waals surface area contributed by atoms with Crippen molar-refractivity contribution in [2.45, 2.75) is 25.3 Å². The summed E-state index contributed by atoms with van der Waals surface area (Å²) < 4.78 is 15.3. The average molecular weight is 394 g/mol. The van der Waals surface area contributed by atoms with E-state index in [1.54, 1.807) is 16.8 Å². The molecule has 1 aliphatic rings. The van der Waals surface area contributed by atoms with Crippen LogP contribution in [0.5, 0.6) is 0 Å². The van der Waals surface area contributed by atoms with Crippen LogP contribution in [0.4, 0.5) is 10.2 Å². The minimum Gasteiger partial charge on any atom is -0.354 e. The largest absolute Gasteiger partial charge is 0.354 e. The number of benzene rings is 1. The number of aryl methyl sites for hydroxylation is 2. The van der Waals surface area contributed by atoms with Gasteiger partial charge in [-0.2, -0.15) is 10.2 Å². The minimum atomic E-state index is -0.422. The summed E-state index contributed by atoms with van der Waals surface area (Å²) in [6, 6.07) is 9.57. The summed E-state index contributed by atoms with van der Waals surface area (Å²) in [6.07, 6.45) is 4.53. The van der Waals surface area contributed by atoms with Gasteiger partial charge in [-0.15, -0.1) is 5.10 Å². The molecule has 0 aliphatic carbocycles. The second kappa shape index (κ2) is 7.98. The first-order chi connectivity index (χ1) is 14.0. The lowest BCUT2D eigenvalue weighted by molar-refractivity contribution is 0.0925. The van der Waals surface area contributed by atoms with Crippen LogP contribution in [-0.2, 0) is 7.05 Å². The molecule has 1 aromatic carbocycles. The third-order valence-corrected chi connectivity index (χ3v) is 5.28. The molecule has 2 atom stereocenters. The second-order valence-corrected chi connectivity index (χ2v) is 7.41. The lowest BCUT2D eigenvalue weighted by Gasteiger charge is -2.39. The van der Waals surface area contributed by atoms with Crippen molar-refractivity contribution in [2.24, 2.45) is 7.05 Å². The van der Waals surface area contributed by atoms with Crippen molar-refractivity contribution in [1.29, 1.82) is 0 Å². The van der Waals surface area contributed by atoms with E-state index in [9.17, 15) is 9.18 Å². The molecule has 8 heteroatoms. The number of hydrogen-bond acceptors (Lipinski definition) is 5. The molecule has 3 heterocycles. The van der Waals surface area contributed by atoms with E-state index in [0.29, 0.717) is 12.1 Å². The molecular weight excluding hydrogens is 371 g/mol. The van der Waals surface area contributed by atoms with Gasteiger partial charge >= 0.3 is 0 Å². The van der Waals surface area contributed by atoms with Crippen molar-refractivity contribution in [3.63, 3.8) is 0 Å². The van der Waals surface area contributed by atoms with E-state index in [-0.39, 0.29) is 17.9 Å². The highest BCUT2D eigenvalue weighted by molar-refractivity contribution is 5.94. The van der Waals surface area contributed by atoms with E-state index in [1.807, 2.05) is 38.5 Å². The van der Waals surface area contributed by atoms with Gasteiger partial charge in [-0.3, -0.25) is 9.48 Å². The predicted molar refractivity (Wildman–Crippen MR) is 107 cm³/mol. The number of nitrogens with zero attached hydrogens (tertiary/aromatic N) is 5. The summed E-state index contributed by atoms with van der Waals surface area (Å²) in [5, 5.41) is 15.9. The molecule has 1 amide bonds. The Hall–Kier alpha value is -3.29. The lowest BCUT2D eigenvalue weighted by Crippen LogP contribution is -2.50. The van der Waals surface area contributed by atoms with Crippen LogP contribution in [0.3, 0.4) is 0 Å². The highest BCUT2D eigenvalue weighted by Crippen LogP contribution is 2.29. The van der Waals surface area contributed by atoms with Gasteiger partial charge in [0.25, 0.3) is 5.91 Å². The molecule has 0 spiro atoms. The quantitative estimate of drug-likeness (QED) is 0.736. The smallest absolute Gasteiger partial charge is 0.251 e. The van der Waals surface area contributed by atoms with E-state index in [2.05, 4.69) is 25.5 Å². The van der Waals surface area contributed by atoms with Crippen LogP contribution in [0.25, 0.3) is 0 Å². The number of hydrogen-bond donors (Lipinski definition) is 1. The van der Waals surface area contributed by atoms with Crippen LogP contribution in [-0.4, -0.2) is 45.0 Å². The maximum atomic E-state index is 13.5. The Morgan fingerprint density at radius 1 is 1.24 bits per heavy atom. The third kappa shape index (κ3) is 4.26. The van der Waals surface area contributed by atoms with Crippen molar-refractivity contribution in [3.05, 3.63) is 71.4 Å². The zero-order valence-electron chi connectivity index (χ0n) is 16.4. The Kier molecular flexibility index (Phi) is 5.24. The topological polar surface area (TPSA) is 75.9 Å². The van der Waals surface area contributed by atoms with Gasteiger partial charge in [-0.1, -0.05) is 6.07 Å². The summed E-state index contributed by atoms with van der Waals surface area (Å²) in [4.78, 5) is 14.9. The fourth-order valence-corrected chi connectivity index (χ4v) is 3.74. The molecule has 150 valence electrons. The van der Waals surface area contributed by atoms with Crippen molar-refractivity contribution in [2.75, 3.05) is 18.0 Å². The minimum absolute atomic E-state index is 0.0260. The molecule has 1 aliphatic heterocycles. The third-order valence-electron chi connectivity index (χ3n) is 5.28. The van der Waals surface area contributed by atoms with E-state index in [0.717, 1.165) is 30.0 Å². The van der Waals surface area contributed by atoms with Gasteiger partial charge < -0.3 is 10.2 Å². The molecular formula is C21H23FN6O. The first-order valence-corrected chi connectivity index (χ1v) is 9.60. The standard InChI is InChI=1S/C21H23FN6O/c1-14-6-7-20(26-25-14)28-9-8-19(18(13-28)16-11-23-27(2)12-16)24-21(29)15-4-3-5-17(22)10-15/h3-7,10-12,18-19H,8-9,13H2,1-2H3,(H,24,29)/t18-,19+/m0/s1. The molecule has 2 aromatic heterocycles. The van der Waals surface area contributed by atoms with Crippen LogP contribution >= 0.6 is 0 Å². The van der Waals surface area contributed by atoms with E-state index < -0.39 is 5.82 Å². The maximum absolute atomic E-state index is 13.5. The Morgan fingerprint density at radius 3 is 2.79 bits per heavy atom. The van der Waals surface area contributed by atoms with Gasteiger partial charge in [0.15, 0.2) is 5.82 Å². The van der Waals surface area contributed by atoms with Crippen molar-refractivity contribution in [3.8, 4) is 0 Å². The number of anilines is 1. The SMILES string of the molecule is Cc1ccc(N2CC[C@@H](NC(=O)c3cccc(F)c3)[C@H](c3cnn(C)c3)C2)nn1. The Balaban J connectivity index is 1.56. The first-order valence-electron chi connectivity index (χ1n) is 9.60. The summed E-state index contributed by atoms with van der Waals surface area (Å²) in [5.41, 5.74) is 2.23. The summed E-state index contributed by atoms with van der Waals surface area (Å²) in [5.74, 6) is 0.152. The Bertz CT molecular complexity index is 1000. The van der Waals surface area contributed by atoms with Crippen molar-refractivity contribution >= 4 is 11.7 Å². The Labute approximate surface area is 168 Å². The molecule has 4 rings (SSSR count). The van der Waals surface area contributed by atoms with Gasteiger partial charge in [-0.25, -0.2) is 4.39 Å². The highest BCUT2D eigenvalue weighted by atomic mass is 19.1. The van der Waals surface area contributed by atoms with Crippen LogP contribution in [0, 0.1) is 12.7 Å². The number of halogens is 1. The van der Waals surface area contributed by atoms with Gasteiger partial charge in [0.2, 0.25) is 0 Å². The highest BCUT2D eigenvalue weighted by Gasteiger charge is 2.33. The zero-order valence-corrected chi connectivity index (χ0v) is 16.4. The van der Waals surface area contributed by atoms with Crippen LogP contribution in [0.15, 0.2) is 48.8 Å². The number of piperidine rings is 1. The number of nitrogens with one attached hydrogen (secondary N) is 1. The van der Waals surface area contributed by atoms with E-state index >= 15 is 0 Å². The second-order valence-electron chi connectivity index (χ2n) is 7.41. The monoisotopic (exact) mass is 394 g/mol. The first kappa shape index (κ1) is 19.0. The predicted octanol–water partition coefficient (Wildman–Crippen LogP) is 2.45. The van der Waals surface area contributed by atoms with Crippen LogP contribution in [0.2, 0.25) is 0 Å². The normalized spacial score (nSPS) is 19.2. The van der Waals surface area contributed by atoms with Gasteiger partial charge in [0.1, 0.15) is 5.82 Å². The van der Waals surface area contributed by atoms with Gasteiger partial charge in [0.05, 0.1) is 11.9 Å². The van der Waals surface area contributed by atoms with Gasteiger partial charge in [-0.05, 0) is 49.2 Å². The molecule has 0 bridgehead atoms. The van der Waals surface area contributed by atoms with Crippen molar-refractivity contribution < 1.29 is 9.18 Å². The molecule has 0 unspecified atom stereocenters. The molecule has 1 saturated heterocycles. The fourth-order valence-electron chi connectivity index (χ4n) is 3.74. The van der Waals surface area contributed by atoms with Crippen LogP contribution in [0.1, 0.15) is 34.0 Å². The molecule has 1 N–H and O–H groups in total. The number of rotatable bonds is 4. The maximum Gasteiger partial charge on any atom is 0.251 e. The number of carbonyl (C=O) groups excluding carboxylic acids is 1. The number of amides is 1. The summed E-state index contributed by atoms with van der Waals surface area (Å²) in [6.45, 7) is 3.32. The molecule has 7 nitrogen and oxygen atoms in total.